The largest absolute Gasteiger partial charge is 0.465 e. The van der Waals surface area contributed by atoms with Gasteiger partial charge in [-0.3, -0.25) is 4.72 Å². The van der Waals surface area contributed by atoms with Gasteiger partial charge >= 0.3 is 5.97 Å². The van der Waals surface area contributed by atoms with Crippen molar-refractivity contribution in [3.63, 3.8) is 0 Å². The SMILES string of the molecule is COC(=O)c1ccc(-c2ccc(NS(=O)(=O)c3ccc4ccccc4c3)cc2)cc1. The number of carbonyl (C=O) groups excluding carboxylic acids is 1. The van der Waals surface area contributed by atoms with Crippen LogP contribution >= 0.6 is 0 Å². The highest BCUT2D eigenvalue weighted by Crippen LogP contribution is 2.25. The fourth-order valence-corrected chi connectivity index (χ4v) is 4.29. The van der Waals surface area contributed by atoms with Crippen LogP contribution in [0.15, 0.2) is 95.9 Å². The van der Waals surface area contributed by atoms with Gasteiger partial charge in [0.15, 0.2) is 0 Å². The van der Waals surface area contributed by atoms with Gasteiger partial charge < -0.3 is 4.74 Å². The minimum atomic E-state index is -3.70. The summed E-state index contributed by atoms with van der Waals surface area (Å²) in [6.07, 6.45) is 0. The third kappa shape index (κ3) is 4.04. The topological polar surface area (TPSA) is 72.5 Å². The minimum absolute atomic E-state index is 0.212. The van der Waals surface area contributed by atoms with Gasteiger partial charge in [-0.1, -0.05) is 54.6 Å². The predicted octanol–water partition coefficient (Wildman–Crippen LogP) is 5.09. The molecule has 1 N–H and O–H groups in total. The van der Waals surface area contributed by atoms with Gasteiger partial charge in [-0.05, 0) is 58.3 Å². The molecule has 0 bridgehead atoms. The molecule has 0 aliphatic carbocycles. The van der Waals surface area contributed by atoms with Crippen LogP contribution in [0.4, 0.5) is 5.69 Å². The van der Waals surface area contributed by atoms with Crippen LogP contribution in [0.3, 0.4) is 0 Å². The molecule has 0 aromatic heterocycles. The van der Waals surface area contributed by atoms with Gasteiger partial charge in [-0.25, -0.2) is 13.2 Å². The number of rotatable bonds is 5. The average molecular weight is 417 g/mol. The minimum Gasteiger partial charge on any atom is -0.465 e. The maximum absolute atomic E-state index is 12.8. The molecular weight excluding hydrogens is 398 g/mol. The molecule has 4 rings (SSSR count). The van der Waals surface area contributed by atoms with Gasteiger partial charge in [0, 0.05) is 5.69 Å². The van der Waals surface area contributed by atoms with Crippen molar-refractivity contribution < 1.29 is 17.9 Å². The third-order valence-corrected chi connectivity index (χ3v) is 6.19. The van der Waals surface area contributed by atoms with E-state index in [4.69, 9.17) is 4.74 Å². The van der Waals surface area contributed by atoms with Crippen LogP contribution < -0.4 is 4.72 Å². The van der Waals surface area contributed by atoms with Crippen molar-refractivity contribution in [1.29, 1.82) is 0 Å². The molecule has 6 heteroatoms. The molecule has 0 spiro atoms. The molecule has 0 radical (unpaired) electrons. The van der Waals surface area contributed by atoms with E-state index >= 15 is 0 Å². The summed E-state index contributed by atoms with van der Waals surface area (Å²) < 4.78 is 32.9. The van der Waals surface area contributed by atoms with Gasteiger partial charge in [-0.15, -0.1) is 0 Å². The average Bonchev–Trinajstić information content (AvgIpc) is 2.78. The van der Waals surface area contributed by atoms with Crippen molar-refractivity contribution >= 4 is 32.5 Å². The van der Waals surface area contributed by atoms with Gasteiger partial charge in [0.25, 0.3) is 10.0 Å². The van der Waals surface area contributed by atoms with E-state index in [0.29, 0.717) is 11.3 Å². The van der Waals surface area contributed by atoms with Crippen LogP contribution in [0.1, 0.15) is 10.4 Å². The Hall–Kier alpha value is -3.64. The Kier molecular flexibility index (Phi) is 5.25. The summed E-state index contributed by atoms with van der Waals surface area (Å²) in [6, 6.07) is 26.8. The Labute approximate surface area is 175 Å². The quantitative estimate of drug-likeness (QED) is 0.459. The fraction of sp³-hybridized carbons (Fsp3) is 0.0417. The molecule has 30 heavy (non-hydrogen) atoms. The zero-order valence-electron chi connectivity index (χ0n) is 16.2. The number of esters is 1. The molecule has 0 saturated heterocycles. The van der Waals surface area contributed by atoms with Crippen molar-refractivity contribution in [2.24, 2.45) is 0 Å². The van der Waals surface area contributed by atoms with E-state index in [1.54, 1.807) is 42.5 Å². The highest BCUT2D eigenvalue weighted by molar-refractivity contribution is 7.92. The molecule has 4 aromatic rings. The van der Waals surface area contributed by atoms with E-state index in [1.165, 1.54) is 7.11 Å². The number of nitrogens with one attached hydrogen (secondary N) is 1. The van der Waals surface area contributed by atoms with Crippen LogP contribution in [-0.4, -0.2) is 21.5 Å². The van der Waals surface area contributed by atoms with Crippen LogP contribution in [0, 0.1) is 0 Å². The summed E-state index contributed by atoms with van der Waals surface area (Å²) in [7, 11) is -2.36. The molecule has 5 nitrogen and oxygen atoms in total. The van der Waals surface area contributed by atoms with Crippen molar-refractivity contribution in [1.82, 2.24) is 0 Å². The first kappa shape index (κ1) is 19.7. The highest BCUT2D eigenvalue weighted by atomic mass is 32.2. The highest BCUT2D eigenvalue weighted by Gasteiger charge is 2.15. The molecule has 0 fully saturated rings. The Bertz CT molecular complexity index is 1310. The van der Waals surface area contributed by atoms with Crippen molar-refractivity contribution in [3.8, 4) is 11.1 Å². The van der Waals surface area contributed by atoms with Gasteiger partial charge in [-0.2, -0.15) is 0 Å². The summed E-state index contributed by atoms with van der Waals surface area (Å²) in [5, 5.41) is 1.85. The van der Waals surface area contributed by atoms with Crippen LogP contribution in [0.25, 0.3) is 21.9 Å². The summed E-state index contributed by atoms with van der Waals surface area (Å²) >= 11 is 0. The lowest BCUT2D eigenvalue weighted by atomic mass is 10.0. The molecule has 0 unspecified atom stereocenters. The number of sulfonamides is 1. The third-order valence-electron chi connectivity index (χ3n) is 4.81. The van der Waals surface area contributed by atoms with Crippen molar-refractivity contribution in [3.05, 3.63) is 96.6 Å². The molecule has 0 aliphatic heterocycles. The van der Waals surface area contributed by atoms with Crippen LogP contribution in [-0.2, 0) is 14.8 Å². The van der Waals surface area contributed by atoms with Crippen LogP contribution in [0.2, 0.25) is 0 Å². The van der Waals surface area contributed by atoms with E-state index in [0.717, 1.165) is 21.9 Å². The van der Waals surface area contributed by atoms with Crippen LogP contribution in [0.5, 0.6) is 0 Å². The standard InChI is InChI=1S/C24H19NO4S/c1-29-24(26)20-8-6-18(7-9-20)19-10-13-22(14-11-19)25-30(27,28)23-15-12-17-4-2-3-5-21(17)16-23/h2-16,25H,1H3. The van der Waals surface area contributed by atoms with Gasteiger partial charge in [0.2, 0.25) is 0 Å². The number of methoxy groups -OCH3 is 1. The first-order valence-corrected chi connectivity index (χ1v) is 10.7. The number of benzene rings is 4. The van der Waals surface area contributed by atoms with Crippen molar-refractivity contribution in [2.45, 2.75) is 4.90 Å². The van der Waals surface area contributed by atoms with E-state index in [9.17, 15) is 13.2 Å². The Morgan fingerprint density at radius 3 is 2.00 bits per heavy atom. The predicted molar refractivity (Wildman–Crippen MR) is 118 cm³/mol. The summed E-state index contributed by atoms with van der Waals surface area (Å²) in [6.45, 7) is 0. The molecule has 0 atom stereocenters. The fourth-order valence-electron chi connectivity index (χ4n) is 3.20. The van der Waals surface area contributed by atoms with Crippen molar-refractivity contribution in [2.75, 3.05) is 11.8 Å². The molecule has 0 heterocycles. The maximum Gasteiger partial charge on any atom is 0.337 e. The Morgan fingerprint density at radius 1 is 0.767 bits per heavy atom. The van der Waals surface area contributed by atoms with E-state index in [-0.39, 0.29) is 10.9 Å². The lowest BCUT2D eigenvalue weighted by Crippen LogP contribution is -2.12. The Morgan fingerprint density at radius 2 is 1.37 bits per heavy atom. The molecular formula is C24H19NO4S. The second-order valence-corrected chi connectivity index (χ2v) is 8.44. The monoisotopic (exact) mass is 417 g/mol. The first-order chi connectivity index (χ1) is 14.5. The molecule has 0 aliphatic rings. The number of ether oxygens (including phenoxy) is 1. The van der Waals surface area contributed by atoms with Gasteiger partial charge in [0.1, 0.15) is 0 Å². The second-order valence-electron chi connectivity index (χ2n) is 6.76. The number of anilines is 1. The number of hydrogen-bond acceptors (Lipinski definition) is 4. The van der Waals surface area contributed by atoms with E-state index in [1.807, 2.05) is 48.5 Å². The summed E-state index contributed by atoms with van der Waals surface area (Å²) in [5.41, 5.74) is 2.76. The normalized spacial score (nSPS) is 11.2. The second kappa shape index (κ2) is 8.00. The Balaban J connectivity index is 1.54. The first-order valence-electron chi connectivity index (χ1n) is 9.27. The van der Waals surface area contributed by atoms with E-state index < -0.39 is 10.0 Å². The number of fused-ring (bicyclic) bond motifs is 1. The smallest absolute Gasteiger partial charge is 0.337 e. The maximum atomic E-state index is 12.8. The molecule has 150 valence electrons. The van der Waals surface area contributed by atoms with E-state index in [2.05, 4.69) is 4.72 Å². The van der Waals surface area contributed by atoms with Gasteiger partial charge in [0.05, 0.1) is 17.6 Å². The summed E-state index contributed by atoms with van der Waals surface area (Å²) in [4.78, 5) is 11.8. The lowest BCUT2D eigenvalue weighted by Gasteiger charge is -2.10. The summed E-state index contributed by atoms with van der Waals surface area (Å²) in [5.74, 6) is -0.389. The zero-order chi connectivity index (χ0) is 21.1. The molecule has 0 saturated carbocycles. The lowest BCUT2D eigenvalue weighted by molar-refractivity contribution is 0.0600. The molecule has 4 aromatic carbocycles. The molecule has 0 amide bonds. The number of carbonyl (C=O) groups is 1. The zero-order valence-corrected chi connectivity index (χ0v) is 17.0. The number of hydrogen-bond donors (Lipinski definition) is 1.